The highest BCUT2D eigenvalue weighted by atomic mass is 79.9. The van der Waals surface area contributed by atoms with Gasteiger partial charge in [0.15, 0.2) is 0 Å². The summed E-state index contributed by atoms with van der Waals surface area (Å²) >= 11 is 3.01. The highest BCUT2D eigenvalue weighted by Crippen LogP contribution is 2.16. The molecule has 0 bridgehead atoms. The number of alkyl halides is 1. The largest absolute Gasteiger partial charge is 0.355 e. The van der Waals surface area contributed by atoms with Crippen molar-refractivity contribution in [3.05, 3.63) is 0 Å². The number of nitrogens with one attached hydrogen (secondary N) is 1. The first kappa shape index (κ1) is 32.5. The first-order valence-electron chi connectivity index (χ1n) is 12.7. The Bertz CT molecular complexity index is 957. The summed E-state index contributed by atoms with van der Waals surface area (Å²) in [5.41, 5.74) is 0. The Morgan fingerprint density at radius 3 is 1.68 bits per heavy atom. The van der Waals surface area contributed by atoms with Crippen molar-refractivity contribution in [2.75, 3.05) is 25.0 Å². The smallest absolute Gasteiger partial charge is 0.334 e. The van der Waals surface area contributed by atoms with Gasteiger partial charge in [0.05, 0.1) is 24.1 Å². The third kappa shape index (κ3) is 9.81. The van der Waals surface area contributed by atoms with Crippen LogP contribution in [0.1, 0.15) is 64.7 Å². The van der Waals surface area contributed by atoms with Gasteiger partial charge in [-0.25, -0.2) is 9.59 Å². The summed E-state index contributed by atoms with van der Waals surface area (Å²) in [7, 11) is 0. The van der Waals surface area contributed by atoms with Crippen LogP contribution in [0.25, 0.3) is 0 Å². The van der Waals surface area contributed by atoms with Crippen LogP contribution in [0.5, 0.6) is 0 Å². The van der Waals surface area contributed by atoms with Gasteiger partial charge in [-0.05, 0) is 6.42 Å². The molecule has 0 radical (unpaired) electrons. The number of carbonyl (C=O) groups excluding carboxylic acids is 9. The molecule has 40 heavy (non-hydrogen) atoms. The van der Waals surface area contributed by atoms with Gasteiger partial charge in [0.1, 0.15) is 5.78 Å². The molecule has 0 saturated carbocycles. The van der Waals surface area contributed by atoms with Crippen LogP contribution in [-0.2, 0) is 52.8 Å². The number of ketones is 1. The third-order valence-corrected chi connectivity index (χ3v) is 6.57. The van der Waals surface area contributed by atoms with Gasteiger partial charge >= 0.3 is 11.9 Å². The minimum absolute atomic E-state index is 0.0227. The summed E-state index contributed by atoms with van der Waals surface area (Å²) in [5, 5.41) is 3.27. The molecule has 2 aliphatic heterocycles. The number of hydrogen-bond donors (Lipinski definition) is 1. The van der Waals surface area contributed by atoms with Gasteiger partial charge < -0.3 is 19.9 Å². The maximum atomic E-state index is 13.5. The van der Waals surface area contributed by atoms with Gasteiger partial charge in [-0.3, -0.25) is 33.6 Å². The maximum Gasteiger partial charge on any atom is 0.334 e. The van der Waals surface area contributed by atoms with Gasteiger partial charge in [-0.15, -0.1) is 10.1 Å². The number of nitrogens with zero attached hydrogens (tertiary/aromatic N) is 3. The molecule has 1 unspecified atom stereocenters. The van der Waals surface area contributed by atoms with Crippen molar-refractivity contribution in [3.8, 4) is 0 Å². The molecule has 0 aromatic carbocycles. The Morgan fingerprint density at radius 2 is 1.27 bits per heavy atom. The summed E-state index contributed by atoms with van der Waals surface area (Å²) in [4.78, 5) is 120. The van der Waals surface area contributed by atoms with Crippen LogP contribution in [0.2, 0.25) is 0 Å². The molecule has 0 aromatic heterocycles. The predicted molar refractivity (Wildman–Crippen MR) is 135 cm³/mol. The lowest BCUT2D eigenvalue weighted by molar-refractivity contribution is -0.198. The zero-order valence-electron chi connectivity index (χ0n) is 22.0. The molecule has 2 heterocycles. The fraction of sp³-hybridized carbons (Fsp3) is 0.625. The summed E-state index contributed by atoms with van der Waals surface area (Å²) < 4.78 is 0. The monoisotopic (exact) mass is 630 g/mol. The summed E-state index contributed by atoms with van der Waals surface area (Å²) in [6.07, 6.45) is -0.945. The number of rotatable bonds is 16. The highest BCUT2D eigenvalue weighted by molar-refractivity contribution is 9.09. The van der Waals surface area contributed by atoms with Crippen LogP contribution < -0.4 is 5.32 Å². The number of halogens is 1. The molecule has 0 aromatic rings. The van der Waals surface area contributed by atoms with Crippen LogP contribution >= 0.6 is 15.9 Å². The van der Waals surface area contributed by atoms with Gasteiger partial charge in [0.25, 0.3) is 23.6 Å². The van der Waals surface area contributed by atoms with Crippen molar-refractivity contribution in [3.63, 3.8) is 0 Å². The van der Waals surface area contributed by atoms with Crippen molar-refractivity contribution in [2.45, 2.75) is 64.7 Å². The molecule has 220 valence electrons. The minimum atomic E-state index is -0.984. The zero-order chi connectivity index (χ0) is 29.8. The topological polar surface area (TPSA) is 194 Å². The minimum Gasteiger partial charge on any atom is -0.355 e. The molecule has 6 amide bonds. The van der Waals surface area contributed by atoms with Crippen LogP contribution in [0.4, 0.5) is 0 Å². The lowest BCUT2D eigenvalue weighted by Gasteiger charge is -2.27. The molecule has 1 N–H and O–H groups in total. The lowest BCUT2D eigenvalue weighted by atomic mass is 9.98. The van der Waals surface area contributed by atoms with Gasteiger partial charge in [-0.2, -0.15) is 0 Å². The molecule has 0 aliphatic carbocycles. The SMILES string of the molecule is CCC(=O)CCC(CNC(=O)CBr)C(=O)N(CCC(=O)ON1C(=O)CCC1=O)CCC(=O)ON1C(=O)CCC1=O. The van der Waals surface area contributed by atoms with E-state index in [0.717, 1.165) is 4.90 Å². The van der Waals surface area contributed by atoms with E-state index in [4.69, 9.17) is 9.68 Å². The van der Waals surface area contributed by atoms with Crippen molar-refractivity contribution in [2.24, 2.45) is 5.92 Å². The Balaban J connectivity index is 2.12. The van der Waals surface area contributed by atoms with E-state index < -0.39 is 66.1 Å². The van der Waals surface area contributed by atoms with Crippen molar-refractivity contribution in [1.82, 2.24) is 20.3 Å². The summed E-state index contributed by atoms with van der Waals surface area (Å²) in [5.74, 6) is -6.68. The standard InChI is InChI=1S/C24H31BrN4O11/c1-2-16(30)4-3-15(14-26-17(31)13-25)24(38)27(11-9-22(36)39-28-18(32)5-6-19(28)33)12-10-23(37)40-29-20(34)7-8-21(29)35/h15H,2-14H2,1H3,(H,26,31). The number of Topliss-reactive ketones (excluding diaryl/α,β-unsaturated/α-hetero) is 1. The lowest BCUT2D eigenvalue weighted by Crippen LogP contribution is -2.44. The van der Waals surface area contributed by atoms with Crippen LogP contribution in [0, 0.1) is 5.92 Å². The van der Waals surface area contributed by atoms with E-state index in [-0.39, 0.29) is 75.7 Å². The first-order valence-corrected chi connectivity index (χ1v) is 13.8. The van der Waals surface area contributed by atoms with E-state index in [1.807, 2.05) is 0 Å². The van der Waals surface area contributed by atoms with Crippen molar-refractivity contribution >= 4 is 69.1 Å². The first-order chi connectivity index (χ1) is 19.0. The average Bonchev–Trinajstić information content (AvgIpc) is 3.42. The highest BCUT2D eigenvalue weighted by Gasteiger charge is 2.35. The van der Waals surface area contributed by atoms with Gasteiger partial charge in [-0.1, -0.05) is 22.9 Å². The maximum absolute atomic E-state index is 13.5. The number of hydroxylamine groups is 4. The molecule has 16 heteroatoms. The zero-order valence-corrected chi connectivity index (χ0v) is 23.6. The van der Waals surface area contributed by atoms with Crippen LogP contribution in [-0.4, -0.2) is 93.2 Å². The summed E-state index contributed by atoms with van der Waals surface area (Å²) in [6.45, 7) is 0.918. The van der Waals surface area contributed by atoms with Crippen LogP contribution in [0.3, 0.4) is 0 Å². The van der Waals surface area contributed by atoms with E-state index in [1.165, 1.54) is 0 Å². The molecule has 2 fully saturated rings. The van der Waals surface area contributed by atoms with Crippen molar-refractivity contribution < 1.29 is 52.8 Å². The molecule has 2 saturated heterocycles. The Labute approximate surface area is 237 Å². The average molecular weight is 631 g/mol. The summed E-state index contributed by atoms with van der Waals surface area (Å²) in [6, 6.07) is 0. The molecule has 1 atom stereocenters. The molecule has 0 spiro atoms. The fourth-order valence-electron chi connectivity index (χ4n) is 3.76. The number of imide groups is 2. The molecule has 2 rings (SSSR count). The molecule has 2 aliphatic rings. The van der Waals surface area contributed by atoms with E-state index >= 15 is 0 Å². The molecular weight excluding hydrogens is 600 g/mol. The van der Waals surface area contributed by atoms with E-state index in [0.29, 0.717) is 10.1 Å². The Morgan fingerprint density at radius 1 is 0.825 bits per heavy atom. The Kier molecular flexibility index (Phi) is 12.8. The van der Waals surface area contributed by atoms with E-state index in [9.17, 15) is 43.2 Å². The molecular formula is C24H31BrN4O11. The second-order valence-electron chi connectivity index (χ2n) is 8.98. The number of amides is 6. The molecule has 15 nitrogen and oxygen atoms in total. The second-order valence-corrected chi connectivity index (χ2v) is 9.54. The number of hydrogen-bond acceptors (Lipinski definition) is 11. The van der Waals surface area contributed by atoms with Crippen molar-refractivity contribution in [1.29, 1.82) is 0 Å². The van der Waals surface area contributed by atoms with E-state index in [1.54, 1.807) is 6.92 Å². The quantitative estimate of drug-likeness (QED) is 0.174. The van der Waals surface area contributed by atoms with Gasteiger partial charge in [0, 0.05) is 58.2 Å². The van der Waals surface area contributed by atoms with E-state index in [2.05, 4.69) is 21.2 Å². The normalized spacial score (nSPS) is 15.8. The predicted octanol–water partition coefficient (Wildman–Crippen LogP) is -0.304. The number of carbonyl (C=O) groups is 9. The second kappa shape index (κ2) is 15.8. The Hall–Kier alpha value is -3.69. The van der Waals surface area contributed by atoms with Crippen LogP contribution in [0.15, 0.2) is 0 Å². The fourth-order valence-corrected chi connectivity index (χ4v) is 3.96. The van der Waals surface area contributed by atoms with Gasteiger partial charge in [0.2, 0.25) is 11.8 Å². The third-order valence-electron chi connectivity index (χ3n) is 6.06.